The van der Waals surface area contributed by atoms with Crippen LogP contribution in [-0.2, 0) is 6.42 Å². The van der Waals surface area contributed by atoms with Crippen molar-refractivity contribution in [3.05, 3.63) is 34.6 Å². The molecular weight excluding hydrogens is 284 g/mol. The zero-order valence-corrected chi connectivity index (χ0v) is 10.9. The number of hydrogen-bond donors (Lipinski definition) is 1. The second kappa shape index (κ2) is 5.93. The molecule has 5 heteroatoms. The van der Waals surface area contributed by atoms with E-state index in [1.807, 2.05) is 24.3 Å². The van der Waals surface area contributed by atoms with Gasteiger partial charge in [0.15, 0.2) is 0 Å². The van der Waals surface area contributed by atoms with E-state index in [1.54, 1.807) is 0 Å². The first-order chi connectivity index (χ1) is 8.29. The van der Waals surface area contributed by atoms with E-state index in [4.69, 9.17) is 9.63 Å². The number of aryl methyl sites for hydroxylation is 1. The van der Waals surface area contributed by atoms with Gasteiger partial charge in [0.25, 0.3) is 0 Å². The Kier molecular flexibility index (Phi) is 4.28. The maximum Gasteiger partial charge on any atom is 0.226 e. The number of unbranched alkanes of at least 4 members (excludes halogenated alkanes) is 1. The average molecular weight is 297 g/mol. The molecular formula is C12H13BrN2O2. The molecule has 0 spiro atoms. The average Bonchev–Trinajstić information content (AvgIpc) is 2.79. The summed E-state index contributed by atoms with van der Waals surface area (Å²) in [4.78, 5) is 4.31. The Labute approximate surface area is 108 Å². The second-order valence-electron chi connectivity index (χ2n) is 3.70. The molecule has 0 saturated carbocycles. The molecule has 1 aromatic carbocycles. The summed E-state index contributed by atoms with van der Waals surface area (Å²) in [6.07, 6.45) is 2.33. The highest BCUT2D eigenvalue weighted by atomic mass is 79.9. The fraction of sp³-hybridized carbons (Fsp3) is 0.333. The van der Waals surface area contributed by atoms with Crippen molar-refractivity contribution in [1.82, 2.24) is 10.1 Å². The SMILES string of the molecule is OCCCCc1nc(-c2ccc(Br)cc2)no1. The van der Waals surface area contributed by atoms with Crippen LogP contribution in [0.2, 0.25) is 0 Å². The maximum absolute atomic E-state index is 8.68. The topological polar surface area (TPSA) is 59.2 Å². The van der Waals surface area contributed by atoms with Crippen LogP contribution in [0, 0.1) is 0 Å². The van der Waals surface area contributed by atoms with Crippen molar-refractivity contribution in [1.29, 1.82) is 0 Å². The molecule has 0 amide bonds. The number of benzene rings is 1. The van der Waals surface area contributed by atoms with Crippen LogP contribution in [-0.4, -0.2) is 21.9 Å². The Bertz CT molecular complexity index is 468. The van der Waals surface area contributed by atoms with E-state index in [0.29, 0.717) is 18.1 Å². The predicted octanol–water partition coefficient (Wildman–Crippen LogP) is 2.81. The van der Waals surface area contributed by atoms with Gasteiger partial charge in [0.2, 0.25) is 11.7 Å². The van der Waals surface area contributed by atoms with Crippen LogP contribution in [0.3, 0.4) is 0 Å². The minimum absolute atomic E-state index is 0.202. The zero-order valence-electron chi connectivity index (χ0n) is 9.27. The van der Waals surface area contributed by atoms with Crippen molar-refractivity contribution in [2.75, 3.05) is 6.61 Å². The van der Waals surface area contributed by atoms with E-state index in [2.05, 4.69) is 26.1 Å². The number of aliphatic hydroxyl groups is 1. The first-order valence-corrected chi connectivity index (χ1v) is 6.28. The predicted molar refractivity (Wildman–Crippen MR) is 67.5 cm³/mol. The first kappa shape index (κ1) is 12.3. The number of rotatable bonds is 5. The van der Waals surface area contributed by atoms with E-state index in [9.17, 15) is 0 Å². The summed E-state index contributed by atoms with van der Waals surface area (Å²) in [5.74, 6) is 1.23. The normalized spacial score (nSPS) is 10.7. The van der Waals surface area contributed by atoms with Crippen molar-refractivity contribution >= 4 is 15.9 Å². The van der Waals surface area contributed by atoms with E-state index in [0.717, 1.165) is 22.9 Å². The van der Waals surface area contributed by atoms with Gasteiger partial charge in [-0.3, -0.25) is 0 Å². The van der Waals surface area contributed by atoms with Crippen molar-refractivity contribution in [3.63, 3.8) is 0 Å². The molecule has 2 aromatic rings. The summed E-state index contributed by atoms with van der Waals surface area (Å²) in [7, 11) is 0. The van der Waals surface area contributed by atoms with Gasteiger partial charge in [0.05, 0.1) is 0 Å². The lowest BCUT2D eigenvalue weighted by atomic mass is 10.2. The van der Waals surface area contributed by atoms with E-state index >= 15 is 0 Å². The van der Waals surface area contributed by atoms with Crippen LogP contribution < -0.4 is 0 Å². The molecule has 0 bridgehead atoms. The minimum Gasteiger partial charge on any atom is -0.396 e. The molecule has 0 radical (unpaired) electrons. The highest BCUT2D eigenvalue weighted by Gasteiger charge is 2.07. The van der Waals surface area contributed by atoms with Crippen LogP contribution in [0.25, 0.3) is 11.4 Å². The minimum atomic E-state index is 0.202. The van der Waals surface area contributed by atoms with Gasteiger partial charge in [-0.05, 0) is 37.1 Å². The van der Waals surface area contributed by atoms with Gasteiger partial charge in [-0.1, -0.05) is 21.1 Å². The molecule has 1 heterocycles. The quantitative estimate of drug-likeness (QED) is 0.862. The lowest BCUT2D eigenvalue weighted by molar-refractivity contribution is 0.281. The molecule has 0 unspecified atom stereocenters. The molecule has 0 atom stereocenters. The van der Waals surface area contributed by atoms with Gasteiger partial charge >= 0.3 is 0 Å². The molecule has 0 aliphatic heterocycles. The smallest absolute Gasteiger partial charge is 0.226 e. The Morgan fingerprint density at radius 1 is 1.18 bits per heavy atom. The van der Waals surface area contributed by atoms with Crippen LogP contribution >= 0.6 is 15.9 Å². The summed E-state index contributed by atoms with van der Waals surface area (Å²) in [6, 6.07) is 7.76. The molecule has 0 saturated heterocycles. The lowest BCUT2D eigenvalue weighted by Crippen LogP contribution is -1.89. The second-order valence-corrected chi connectivity index (χ2v) is 4.62. The van der Waals surface area contributed by atoms with Crippen LogP contribution in [0.15, 0.2) is 33.3 Å². The van der Waals surface area contributed by atoms with Crippen LogP contribution in [0.1, 0.15) is 18.7 Å². The zero-order chi connectivity index (χ0) is 12.1. The van der Waals surface area contributed by atoms with Gasteiger partial charge < -0.3 is 9.63 Å². The van der Waals surface area contributed by atoms with Crippen molar-refractivity contribution < 1.29 is 9.63 Å². The Morgan fingerprint density at radius 2 is 1.94 bits per heavy atom. The lowest BCUT2D eigenvalue weighted by Gasteiger charge is -1.93. The summed E-state index contributed by atoms with van der Waals surface area (Å²) >= 11 is 3.38. The van der Waals surface area contributed by atoms with Gasteiger partial charge in [-0.2, -0.15) is 4.98 Å². The van der Waals surface area contributed by atoms with Gasteiger partial charge in [0.1, 0.15) is 0 Å². The number of aromatic nitrogens is 2. The molecule has 17 heavy (non-hydrogen) atoms. The largest absolute Gasteiger partial charge is 0.396 e. The van der Waals surface area contributed by atoms with Crippen LogP contribution in [0.5, 0.6) is 0 Å². The molecule has 4 nitrogen and oxygen atoms in total. The third kappa shape index (κ3) is 3.38. The fourth-order valence-electron chi connectivity index (χ4n) is 1.46. The maximum atomic E-state index is 8.68. The molecule has 1 aromatic heterocycles. The summed E-state index contributed by atoms with van der Waals surface area (Å²) in [6.45, 7) is 0.202. The van der Waals surface area contributed by atoms with Crippen molar-refractivity contribution in [2.24, 2.45) is 0 Å². The summed E-state index contributed by atoms with van der Waals surface area (Å²) < 4.78 is 6.16. The Morgan fingerprint density at radius 3 is 2.65 bits per heavy atom. The van der Waals surface area contributed by atoms with E-state index < -0.39 is 0 Å². The fourth-order valence-corrected chi connectivity index (χ4v) is 1.72. The van der Waals surface area contributed by atoms with Gasteiger partial charge in [0, 0.05) is 23.1 Å². The van der Waals surface area contributed by atoms with Gasteiger partial charge in [-0.25, -0.2) is 0 Å². The Hall–Kier alpha value is -1.20. The highest BCUT2D eigenvalue weighted by Crippen LogP contribution is 2.19. The molecule has 0 aliphatic carbocycles. The first-order valence-electron chi connectivity index (χ1n) is 5.49. The number of halogens is 1. The third-order valence-electron chi connectivity index (χ3n) is 2.37. The monoisotopic (exact) mass is 296 g/mol. The van der Waals surface area contributed by atoms with Crippen molar-refractivity contribution in [3.8, 4) is 11.4 Å². The van der Waals surface area contributed by atoms with E-state index in [1.165, 1.54) is 0 Å². The number of nitrogens with zero attached hydrogens (tertiary/aromatic N) is 2. The van der Waals surface area contributed by atoms with Crippen molar-refractivity contribution in [2.45, 2.75) is 19.3 Å². The molecule has 0 aliphatic rings. The van der Waals surface area contributed by atoms with Gasteiger partial charge in [-0.15, -0.1) is 0 Å². The molecule has 1 N–H and O–H groups in total. The van der Waals surface area contributed by atoms with Crippen LogP contribution in [0.4, 0.5) is 0 Å². The molecule has 90 valence electrons. The summed E-state index contributed by atoms with van der Waals surface area (Å²) in [5.41, 5.74) is 0.936. The highest BCUT2D eigenvalue weighted by molar-refractivity contribution is 9.10. The molecule has 2 rings (SSSR count). The standard InChI is InChI=1S/C12H13BrN2O2/c13-10-6-4-9(5-7-10)12-14-11(17-15-12)3-1-2-8-16/h4-7,16H,1-3,8H2. The molecule has 0 fully saturated rings. The number of hydrogen-bond acceptors (Lipinski definition) is 4. The third-order valence-corrected chi connectivity index (χ3v) is 2.90. The summed E-state index contributed by atoms with van der Waals surface area (Å²) in [5, 5.41) is 12.6. The van der Waals surface area contributed by atoms with E-state index in [-0.39, 0.29) is 6.61 Å². The number of aliphatic hydroxyl groups excluding tert-OH is 1. The Balaban J connectivity index is 2.04.